The lowest BCUT2D eigenvalue weighted by atomic mass is 10.2. The van der Waals surface area contributed by atoms with Crippen molar-refractivity contribution < 1.29 is 14.3 Å². The number of carbonyl (C=O) groups excluding carboxylic acids is 1. The number of hydrogen-bond donors (Lipinski definition) is 1. The van der Waals surface area contributed by atoms with E-state index >= 15 is 0 Å². The Morgan fingerprint density at radius 1 is 1.12 bits per heavy atom. The number of rotatable bonds is 5. The molecule has 128 valence electrons. The van der Waals surface area contributed by atoms with Crippen LogP contribution in [0.3, 0.4) is 0 Å². The molecule has 0 heterocycles. The van der Waals surface area contributed by atoms with Gasteiger partial charge >= 0.3 is 6.03 Å². The predicted octanol–water partition coefficient (Wildman–Crippen LogP) is 4.33. The van der Waals surface area contributed by atoms with E-state index in [1.807, 2.05) is 37.3 Å². The second-order valence-electron chi connectivity index (χ2n) is 5.44. The Morgan fingerprint density at radius 3 is 2.46 bits per heavy atom. The third kappa shape index (κ3) is 4.32. The molecule has 0 bridgehead atoms. The molecule has 6 heteroatoms. The van der Waals surface area contributed by atoms with Crippen molar-refractivity contribution in [1.29, 1.82) is 0 Å². The maximum atomic E-state index is 12.3. The molecule has 0 spiro atoms. The van der Waals surface area contributed by atoms with Crippen molar-refractivity contribution in [2.45, 2.75) is 13.5 Å². The van der Waals surface area contributed by atoms with Crippen LogP contribution in [0.15, 0.2) is 36.4 Å². The Labute approximate surface area is 147 Å². The molecule has 0 fully saturated rings. The van der Waals surface area contributed by atoms with E-state index in [1.54, 1.807) is 32.2 Å². The average molecular weight is 349 g/mol. The van der Waals surface area contributed by atoms with Crippen LogP contribution >= 0.6 is 11.6 Å². The van der Waals surface area contributed by atoms with E-state index in [-0.39, 0.29) is 6.03 Å². The minimum absolute atomic E-state index is 0.218. The van der Waals surface area contributed by atoms with E-state index in [9.17, 15) is 4.79 Å². The molecule has 0 aliphatic carbocycles. The number of aryl methyl sites for hydroxylation is 1. The summed E-state index contributed by atoms with van der Waals surface area (Å²) in [6, 6.07) is 10.8. The van der Waals surface area contributed by atoms with Crippen LogP contribution in [0.25, 0.3) is 0 Å². The summed E-state index contributed by atoms with van der Waals surface area (Å²) >= 11 is 6.08. The maximum absolute atomic E-state index is 12.3. The summed E-state index contributed by atoms with van der Waals surface area (Å²) in [6.07, 6.45) is 0. The van der Waals surface area contributed by atoms with Gasteiger partial charge in [0.1, 0.15) is 0 Å². The molecular formula is C18H21ClN2O3. The number of carbonyl (C=O) groups is 1. The lowest BCUT2D eigenvalue weighted by Crippen LogP contribution is -2.30. The average Bonchev–Trinajstić information content (AvgIpc) is 2.57. The summed E-state index contributed by atoms with van der Waals surface area (Å²) in [4.78, 5) is 13.9. The highest BCUT2D eigenvalue weighted by Crippen LogP contribution is 2.28. The van der Waals surface area contributed by atoms with Crippen LogP contribution in [0.4, 0.5) is 10.5 Å². The number of ether oxygens (including phenoxy) is 2. The molecule has 0 saturated carbocycles. The first kappa shape index (κ1) is 17.9. The first-order valence-corrected chi connectivity index (χ1v) is 7.81. The number of hydrogen-bond acceptors (Lipinski definition) is 3. The summed E-state index contributed by atoms with van der Waals surface area (Å²) in [7, 11) is 4.89. The smallest absolute Gasteiger partial charge is 0.321 e. The monoisotopic (exact) mass is 348 g/mol. The summed E-state index contributed by atoms with van der Waals surface area (Å²) in [6.45, 7) is 2.35. The van der Waals surface area contributed by atoms with Gasteiger partial charge in [0.2, 0.25) is 0 Å². The quantitative estimate of drug-likeness (QED) is 0.875. The van der Waals surface area contributed by atoms with Crippen LogP contribution in [-0.2, 0) is 6.54 Å². The molecule has 0 atom stereocenters. The van der Waals surface area contributed by atoms with Crippen molar-refractivity contribution in [3.63, 3.8) is 0 Å². The number of amides is 2. The molecule has 2 rings (SSSR count). The third-order valence-electron chi connectivity index (χ3n) is 3.64. The molecule has 24 heavy (non-hydrogen) atoms. The van der Waals surface area contributed by atoms with E-state index in [4.69, 9.17) is 21.1 Å². The molecule has 2 aromatic rings. The molecule has 0 aliphatic rings. The van der Waals surface area contributed by atoms with E-state index in [2.05, 4.69) is 5.32 Å². The van der Waals surface area contributed by atoms with Crippen LogP contribution in [-0.4, -0.2) is 32.2 Å². The molecule has 0 radical (unpaired) electrons. The standard InChI is InChI=1S/C18H21ClN2O3/c1-12-5-7-14(10-15(12)19)20-18(22)21(2)11-13-6-8-16(23-3)17(9-13)24-4/h5-10H,11H2,1-4H3,(H,20,22). The van der Waals surface area contributed by atoms with Gasteiger partial charge in [0.05, 0.1) is 14.2 Å². The Bertz CT molecular complexity index is 734. The van der Waals surface area contributed by atoms with Crippen LogP contribution in [0.1, 0.15) is 11.1 Å². The van der Waals surface area contributed by atoms with Gasteiger partial charge in [-0.05, 0) is 42.3 Å². The van der Waals surface area contributed by atoms with Crippen molar-refractivity contribution in [2.24, 2.45) is 0 Å². The first-order valence-electron chi connectivity index (χ1n) is 7.43. The Kier molecular flexibility index (Phi) is 5.93. The normalized spacial score (nSPS) is 10.2. The number of benzene rings is 2. The van der Waals surface area contributed by atoms with Gasteiger partial charge in [-0.1, -0.05) is 23.7 Å². The SMILES string of the molecule is COc1ccc(CN(C)C(=O)Nc2ccc(C)c(Cl)c2)cc1OC. The molecule has 5 nitrogen and oxygen atoms in total. The molecule has 0 saturated heterocycles. The number of halogens is 1. The summed E-state index contributed by atoms with van der Waals surface area (Å²) in [5, 5.41) is 3.45. The van der Waals surface area contributed by atoms with Crippen LogP contribution in [0, 0.1) is 6.92 Å². The highest BCUT2D eigenvalue weighted by atomic mass is 35.5. The van der Waals surface area contributed by atoms with Crippen molar-refractivity contribution in [3.05, 3.63) is 52.5 Å². The zero-order chi connectivity index (χ0) is 17.7. The summed E-state index contributed by atoms with van der Waals surface area (Å²) in [5.74, 6) is 1.29. The molecule has 2 aromatic carbocycles. The van der Waals surface area contributed by atoms with Gasteiger partial charge < -0.3 is 19.7 Å². The Hall–Kier alpha value is -2.40. The zero-order valence-corrected chi connectivity index (χ0v) is 15.0. The molecular weight excluding hydrogens is 328 g/mol. The van der Waals surface area contributed by atoms with E-state index in [1.165, 1.54) is 0 Å². The van der Waals surface area contributed by atoms with E-state index in [0.29, 0.717) is 28.8 Å². The third-order valence-corrected chi connectivity index (χ3v) is 4.04. The van der Waals surface area contributed by atoms with Gasteiger partial charge in [0.15, 0.2) is 11.5 Å². The van der Waals surface area contributed by atoms with Crippen LogP contribution in [0.2, 0.25) is 5.02 Å². The van der Waals surface area contributed by atoms with Crippen LogP contribution in [0.5, 0.6) is 11.5 Å². The minimum Gasteiger partial charge on any atom is -0.493 e. The highest BCUT2D eigenvalue weighted by molar-refractivity contribution is 6.31. The van der Waals surface area contributed by atoms with Gasteiger partial charge in [-0.2, -0.15) is 0 Å². The zero-order valence-electron chi connectivity index (χ0n) is 14.2. The number of urea groups is 1. The molecule has 0 aromatic heterocycles. The van der Waals surface area contributed by atoms with Crippen molar-refractivity contribution >= 4 is 23.3 Å². The Morgan fingerprint density at radius 2 is 1.83 bits per heavy atom. The number of nitrogens with zero attached hydrogens (tertiary/aromatic N) is 1. The highest BCUT2D eigenvalue weighted by Gasteiger charge is 2.12. The van der Waals surface area contributed by atoms with Crippen molar-refractivity contribution in [1.82, 2.24) is 4.90 Å². The lowest BCUT2D eigenvalue weighted by Gasteiger charge is -2.19. The van der Waals surface area contributed by atoms with Gasteiger partial charge in [-0.15, -0.1) is 0 Å². The van der Waals surface area contributed by atoms with E-state index < -0.39 is 0 Å². The topological polar surface area (TPSA) is 50.8 Å². The summed E-state index contributed by atoms with van der Waals surface area (Å²) in [5.41, 5.74) is 2.57. The summed E-state index contributed by atoms with van der Waals surface area (Å²) < 4.78 is 10.5. The largest absolute Gasteiger partial charge is 0.493 e. The molecule has 1 N–H and O–H groups in total. The maximum Gasteiger partial charge on any atom is 0.321 e. The van der Waals surface area contributed by atoms with Gasteiger partial charge in [0, 0.05) is 24.3 Å². The van der Waals surface area contributed by atoms with Gasteiger partial charge in [0.25, 0.3) is 0 Å². The Balaban J connectivity index is 2.04. The second-order valence-corrected chi connectivity index (χ2v) is 5.85. The number of nitrogens with one attached hydrogen (secondary N) is 1. The second kappa shape index (κ2) is 7.93. The molecule has 2 amide bonds. The van der Waals surface area contributed by atoms with Crippen molar-refractivity contribution in [2.75, 3.05) is 26.6 Å². The van der Waals surface area contributed by atoms with Crippen LogP contribution < -0.4 is 14.8 Å². The van der Waals surface area contributed by atoms with Gasteiger partial charge in [-0.25, -0.2) is 4.79 Å². The lowest BCUT2D eigenvalue weighted by molar-refractivity contribution is 0.220. The number of anilines is 1. The predicted molar refractivity (Wildman–Crippen MR) is 96.2 cm³/mol. The molecule has 0 unspecified atom stereocenters. The fraction of sp³-hybridized carbons (Fsp3) is 0.278. The number of methoxy groups -OCH3 is 2. The fourth-order valence-electron chi connectivity index (χ4n) is 2.21. The first-order chi connectivity index (χ1) is 11.4. The van der Waals surface area contributed by atoms with Crippen molar-refractivity contribution in [3.8, 4) is 11.5 Å². The fourth-order valence-corrected chi connectivity index (χ4v) is 2.39. The minimum atomic E-state index is -0.218. The molecule has 0 aliphatic heterocycles. The van der Waals surface area contributed by atoms with Gasteiger partial charge in [-0.3, -0.25) is 0 Å². The van der Waals surface area contributed by atoms with E-state index in [0.717, 1.165) is 11.1 Å².